The summed E-state index contributed by atoms with van der Waals surface area (Å²) >= 11 is 0. The Hall–Kier alpha value is -10.9. The first-order valence-electron chi connectivity index (χ1n) is 43.3. The molecular formula is C96H120F2N12O13S. The molecule has 25 nitrogen and oxygen atoms in total. The highest BCUT2D eigenvalue weighted by Gasteiger charge is 2.41. The van der Waals surface area contributed by atoms with Gasteiger partial charge < -0.3 is 86.6 Å². The molecule has 3 amide bonds. The lowest BCUT2D eigenvalue weighted by Gasteiger charge is -2.36. The number of carbonyl (C=O) groups excluding carboxylic acids is 3. The number of amides is 3. The molecule has 3 atom stereocenters. The quantitative estimate of drug-likeness (QED) is 0.0361. The molecule has 0 unspecified atom stereocenters. The second kappa shape index (κ2) is 43.2. The number of fused-ring (bicyclic) bond motifs is 3. The number of aromatic nitrogens is 2. The maximum Gasteiger partial charge on any atom is 0.259 e. The zero-order chi connectivity index (χ0) is 87.4. The number of hydrogen-bond acceptors (Lipinski definition) is 20. The minimum absolute atomic E-state index is 0.0149. The van der Waals surface area contributed by atoms with Crippen LogP contribution in [-0.4, -0.2) is 226 Å². The zero-order valence-corrected chi connectivity index (χ0v) is 74.1. The van der Waals surface area contributed by atoms with Crippen molar-refractivity contribution in [1.29, 1.82) is 0 Å². The Morgan fingerprint density at radius 3 is 1.17 bits per heavy atom. The molecule has 0 saturated carbocycles. The average molecular weight is 1720 g/mol. The number of sulfonamides is 1. The van der Waals surface area contributed by atoms with Crippen LogP contribution in [0.5, 0.6) is 34.5 Å². The van der Waals surface area contributed by atoms with Crippen molar-refractivity contribution in [2.24, 2.45) is 7.05 Å². The molecule has 3 fully saturated rings. The van der Waals surface area contributed by atoms with Crippen molar-refractivity contribution in [3.8, 4) is 34.5 Å². The SMILES string of the molecule is CCN1CCN(c2cccc3c2CN([C@H](CCCNS(=O)(=O)c2cn(C)cn2)c2ccc(OC)c(OC)c2)C3=O)CC1.CCN1CCN(c2cccc3c2CN([C@H](CCCOCc2cccc(F)c2)c2ccc(OC)c(OC)c2)C3=O)CC1.CCN1CCN(c2cccc3c2CN([C@H](CCCOCc2ccccc2F)c2ccc(OC)c(OC)c2)C3=O)CC1. The summed E-state index contributed by atoms with van der Waals surface area (Å²) in [5.74, 6) is 3.29. The van der Waals surface area contributed by atoms with Crippen LogP contribution < -0.4 is 47.8 Å². The summed E-state index contributed by atoms with van der Waals surface area (Å²) in [4.78, 5) is 66.2. The topological polar surface area (TPSA) is 218 Å². The Morgan fingerprint density at radius 1 is 0.427 bits per heavy atom. The molecule has 7 heterocycles. The van der Waals surface area contributed by atoms with Crippen LogP contribution in [0.15, 0.2) is 175 Å². The number of likely N-dealkylation sites (N-methyl/N-ethyl adjacent to an activating group) is 3. The van der Waals surface area contributed by atoms with Gasteiger partial charge in [0, 0.05) is 187 Å². The molecule has 1 aromatic heterocycles. The number of hydrogen-bond donors (Lipinski definition) is 1. The van der Waals surface area contributed by atoms with Gasteiger partial charge in [-0.05, 0) is 171 Å². The number of nitrogens with zero attached hydrogens (tertiary/aromatic N) is 11. The number of aryl methyl sites for hydroxylation is 1. The molecule has 1 N–H and O–H groups in total. The van der Waals surface area contributed by atoms with E-state index in [0.29, 0.717) is 112 Å². The normalized spacial score (nSPS) is 16.3. The first kappa shape index (κ1) is 90.9. The largest absolute Gasteiger partial charge is 0.493 e. The Labute approximate surface area is 729 Å². The van der Waals surface area contributed by atoms with Crippen molar-refractivity contribution in [3.63, 3.8) is 0 Å². The lowest BCUT2D eigenvalue weighted by molar-refractivity contribution is 0.0654. The van der Waals surface area contributed by atoms with Crippen LogP contribution in [0.2, 0.25) is 0 Å². The molecule has 15 rings (SSSR count). The highest BCUT2D eigenvalue weighted by molar-refractivity contribution is 7.89. The predicted molar refractivity (Wildman–Crippen MR) is 477 cm³/mol. The van der Waals surface area contributed by atoms with Crippen molar-refractivity contribution >= 4 is 44.8 Å². The van der Waals surface area contributed by atoms with Crippen LogP contribution in [0.25, 0.3) is 0 Å². The molecule has 3 saturated heterocycles. The molecule has 0 spiro atoms. The smallest absolute Gasteiger partial charge is 0.259 e. The summed E-state index contributed by atoms with van der Waals surface area (Å²) in [6.45, 7) is 24.9. The van der Waals surface area contributed by atoms with E-state index in [-0.39, 0.29) is 65.7 Å². The monoisotopic (exact) mass is 1720 g/mol. The van der Waals surface area contributed by atoms with Crippen molar-refractivity contribution in [2.75, 3.05) is 175 Å². The van der Waals surface area contributed by atoms with Gasteiger partial charge >= 0.3 is 0 Å². The number of ether oxygens (including phenoxy) is 8. The van der Waals surface area contributed by atoms with Crippen molar-refractivity contribution in [1.82, 2.24) is 43.7 Å². The van der Waals surface area contributed by atoms with Gasteiger partial charge in [0.05, 0.1) is 80.3 Å². The average Bonchev–Trinajstić information content (AvgIpc) is 1.62. The molecule has 6 aliphatic rings. The van der Waals surface area contributed by atoms with Crippen LogP contribution in [0.3, 0.4) is 0 Å². The highest BCUT2D eigenvalue weighted by Crippen LogP contribution is 2.45. The van der Waals surface area contributed by atoms with Gasteiger partial charge in [0.2, 0.25) is 0 Å². The summed E-state index contributed by atoms with van der Waals surface area (Å²) in [6, 6.07) is 48.2. The lowest BCUT2D eigenvalue weighted by Crippen LogP contribution is -2.46. The summed E-state index contributed by atoms with van der Waals surface area (Å²) < 4.78 is 102. The third-order valence-corrected chi connectivity index (χ3v) is 26.1. The van der Waals surface area contributed by atoms with Gasteiger partial charge in [0.15, 0.2) is 39.5 Å². The van der Waals surface area contributed by atoms with Gasteiger partial charge in [0.1, 0.15) is 11.6 Å². The second-order valence-electron chi connectivity index (χ2n) is 31.9. The van der Waals surface area contributed by atoms with Crippen LogP contribution in [0, 0.1) is 11.6 Å². The Morgan fingerprint density at radius 2 is 0.806 bits per heavy atom. The summed E-state index contributed by atoms with van der Waals surface area (Å²) in [7, 11) is 7.65. The first-order chi connectivity index (χ1) is 60.3. The number of rotatable bonds is 36. The molecule has 8 aromatic carbocycles. The van der Waals surface area contributed by atoms with Crippen LogP contribution in [-0.2, 0) is 59.4 Å². The van der Waals surface area contributed by atoms with Crippen LogP contribution in [0.1, 0.15) is 153 Å². The Bertz CT molecular complexity index is 5210. The van der Waals surface area contributed by atoms with Crippen molar-refractivity contribution in [2.45, 2.75) is 115 Å². The number of benzene rings is 8. The van der Waals surface area contributed by atoms with Gasteiger partial charge in [-0.15, -0.1) is 0 Å². The number of halogens is 2. The van der Waals surface area contributed by atoms with Gasteiger partial charge in [-0.1, -0.05) is 87.5 Å². The number of carbonyl (C=O) groups is 3. The van der Waals surface area contributed by atoms with Crippen LogP contribution >= 0.6 is 0 Å². The molecule has 28 heteroatoms. The summed E-state index contributed by atoms with van der Waals surface area (Å²) in [6.07, 6.45) is 6.83. The minimum Gasteiger partial charge on any atom is -0.493 e. The number of methoxy groups -OCH3 is 6. The van der Waals surface area contributed by atoms with E-state index < -0.39 is 10.0 Å². The van der Waals surface area contributed by atoms with E-state index in [9.17, 15) is 31.6 Å². The summed E-state index contributed by atoms with van der Waals surface area (Å²) in [5.41, 5.74) is 13.2. The molecule has 6 aliphatic heterocycles. The molecule has 124 heavy (non-hydrogen) atoms. The van der Waals surface area contributed by atoms with E-state index in [2.05, 4.69) is 78.1 Å². The van der Waals surface area contributed by atoms with Gasteiger partial charge in [0.25, 0.3) is 27.7 Å². The Balaban J connectivity index is 0.000000160. The maximum atomic E-state index is 14.0. The fourth-order valence-corrected chi connectivity index (χ4v) is 18.8. The highest BCUT2D eigenvalue weighted by atomic mass is 32.2. The molecule has 0 radical (unpaired) electrons. The fraction of sp³-hybridized carbons (Fsp3) is 0.438. The predicted octanol–water partition coefficient (Wildman–Crippen LogP) is 14.4. The molecule has 9 aromatic rings. The van der Waals surface area contributed by atoms with E-state index in [1.807, 2.05) is 118 Å². The Kier molecular flexibility index (Phi) is 31.6. The van der Waals surface area contributed by atoms with E-state index >= 15 is 0 Å². The van der Waals surface area contributed by atoms with Crippen molar-refractivity contribution < 1.29 is 69.5 Å². The first-order valence-corrected chi connectivity index (χ1v) is 44.8. The summed E-state index contributed by atoms with van der Waals surface area (Å²) in [5, 5.41) is -0.0149. The number of imidazole rings is 1. The van der Waals surface area contributed by atoms with E-state index in [1.165, 1.54) is 36.4 Å². The molecule has 0 aliphatic carbocycles. The second-order valence-corrected chi connectivity index (χ2v) is 33.6. The zero-order valence-electron chi connectivity index (χ0n) is 73.3. The molecule has 662 valence electrons. The number of piperazine rings is 3. The third-order valence-electron chi connectivity index (χ3n) is 24.7. The van der Waals surface area contributed by atoms with E-state index in [1.54, 1.807) is 72.5 Å². The van der Waals surface area contributed by atoms with Gasteiger partial charge in [-0.2, -0.15) is 0 Å². The van der Waals surface area contributed by atoms with Gasteiger partial charge in [-0.25, -0.2) is 26.9 Å². The maximum absolute atomic E-state index is 14.0. The fourth-order valence-electron chi connectivity index (χ4n) is 17.7. The van der Waals surface area contributed by atoms with E-state index in [4.69, 9.17) is 37.9 Å². The standard InChI is InChI=1S/2C33H40FN3O4.C30H40N6O5S/c1-4-35-15-17-36(18-16-35)30-11-6-10-27-28(30)22-37(33(27)38)29(25-13-14-31(39-2)32(21-25)40-3)12-7-19-41-23-24-8-5-9-26(34)20-24;1-4-35-16-18-36(19-17-35)30-12-7-10-26-27(30)22-37(33(26)38)29(24-14-15-31(39-2)32(21-24)40-3)13-8-20-41-23-25-9-5-6-11-28(25)34;1-5-34-14-16-35(17-15-34)26-9-6-8-23-24(26)19-36(30(23)37)25(22-11-12-27(40-3)28(18-22)41-4)10-7-13-32-42(38,39)29-20-33(2)21-31-29/h5-6,8-11,13-14,20-21,29H,4,7,12,15-19,22-23H2,1-3H3;5-7,9-12,14-15,21,29H,4,8,13,16-20,22-23H2,1-3H3;6,8-9,11-12,18,20-21,25,32H,5,7,10,13-17,19H2,1-4H3/t2*29-;25-/m111/s1. The molecule has 0 bridgehead atoms. The van der Waals surface area contributed by atoms with E-state index in [0.717, 1.165) is 172 Å². The molecular weight excluding hydrogens is 1600 g/mol. The lowest BCUT2D eigenvalue weighted by atomic mass is 9.99. The van der Waals surface area contributed by atoms with Crippen LogP contribution in [0.4, 0.5) is 25.8 Å². The van der Waals surface area contributed by atoms with Gasteiger partial charge in [-0.3, -0.25) is 14.4 Å². The third kappa shape index (κ3) is 21.6. The number of anilines is 3. The number of nitrogens with one attached hydrogen (secondary N) is 1. The minimum atomic E-state index is -3.73. The van der Waals surface area contributed by atoms with Crippen molar-refractivity contribution in [3.05, 3.63) is 243 Å².